The predicted molar refractivity (Wildman–Crippen MR) is 134 cm³/mol. The predicted octanol–water partition coefficient (Wildman–Crippen LogP) is 6.51. The molecule has 7 nitrogen and oxygen atoms in total. The molecule has 3 rings (SSSR count). The number of anilines is 1. The maximum absolute atomic E-state index is 12.1. The number of nitrogens with one attached hydrogen (secondary N) is 1. The first kappa shape index (κ1) is 25.9. The van der Waals surface area contributed by atoms with Crippen molar-refractivity contribution in [2.75, 3.05) is 25.5 Å². The number of aromatic nitrogens is 3. The number of benzene rings is 1. The van der Waals surface area contributed by atoms with E-state index in [0.29, 0.717) is 23.8 Å². The third kappa shape index (κ3) is 6.84. The summed E-state index contributed by atoms with van der Waals surface area (Å²) < 4.78 is 7.91. The van der Waals surface area contributed by atoms with E-state index in [0.717, 1.165) is 28.0 Å². The van der Waals surface area contributed by atoms with Gasteiger partial charge in [0.05, 0.1) is 16.4 Å². The molecule has 9 heteroatoms. The van der Waals surface area contributed by atoms with Crippen LogP contribution in [0.25, 0.3) is 16.9 Å². The Morgan fingerprint density at radius 3 is 2.62 bits per heavy atom. The van der Waals surface area contributed by atoms with Gasteiger partial charge in [0.15, 0.2) is 5.65 Å². The van der Waals surface area contributed by atoms with Gasteiger partial charge in [-0.15, -0.1) is 0 Å². The van der Waals surface area contributed by atoms with Gasteiger partial charge in [-0.1, -0.05) is 43.6 Å². The van der Waals surface area contributed by atoms with Crippen LogP contribution in [0.1, 0.15) is 41.0 Å². The molecule has 2 heterocycles. The fourth-order valence-corrected chi connectivity index (χ4v) is 3.41. The van der Waals surface area contributed by atoms with E-state index in [-0.39, 0.29) is 6.09 Å². The first-order valence-electron chi connectivity index (χ1n) is 10.6. The monoisotopic (exact) mass is 523 g/mol. The lowest BCUT2D eigenvalue weighted by molar-refractivity contribution is 0.0298. The molecule has 1 amide bonds. The third-order valence-corrected chi connectivity index (χ3v) is 5.15. The second-order valence-corrected chi connectivity index (χ2v) is 9.18. The van der Waals surface area contributed by atoms with Crippen LogP contribution < -0.4 is 5.32 Å². The molecular weight excluding hydrogens is 494 g/mol. The lowest BCUT2D eigenvalue weighted by Crippen LogP contribution is -2.35. The molecule has 0 aliphatic heterocycles. The van der Waals surface area contributed by atoms with Crippen LogP contribution in [0.5, 0.6) is 0 Å². The molecule has 0 saturated carbocycles. The number of carbonyl (C=O) groups excluding carboxylic acids is 1. The van der Waals surface area contributed by atoms with Crippen LogP contribution in [0.3, 0.4) is 0 Å². The number of hydrogen-bond donors (Lipinski definition) is 1. The van der Waals surface area contributed by atoms with Gasteiger partial charge >= 0.3 is 6.09 Å². The van der Waals surface area contributed by atoms with E-state index in [9.17, 15) is 4.79 Å². The number of fused-ring (bicyclic) bond motifs is 1. The number of nitrogens with zero attached hydrogens (tertiary/aromatic N) is 4. The summed E-state index contributed by atoms with van der Waals surface area (Å²) >= 11 is 9.87. The molecule has 2 aromatic heterocycles. The lowest BCUT2D eigenvalue weighted by Gasteiger charge is -2.24. The van der Waals surface area contributed by atoms with Crippen molar-refractivity contribution in [1.29, 1.82) is 0 Å². The molecule has 0 aliphatic rings. The molecule has 1 N–H and O–H groups in total. The van der Waals surface area contributed by atoms with Gasteiger partial charge in [0.2, 0.25) is 0 Å². The van der Waals surface area contributed by atoms with Crippen molar-refractivity contribution in [2.45, 2.75) is 46.6 Å². The number of rotatable bonds is 6. The van der Waals surface area contributed by atoms with Crippen molar-refractivity contribution < 1.29 is 9.53 Å². The van der Waals surface area contributed by atoms with E-state index in [4.69, 9.17) is 21.3 Å². The van der Waals surface area contributed by atoms with Crippen LogP contribution in [-0.4, -0.2) is 51.3 Å². The Labute approximate surface area is 203 Å². The summed E-state index contributed by atoms with van der Waals surface area (Å²) in [5, 5.41) is 8.41. The van der Waals surface area contributed by atoms with Crippen molar-refractivity contribution in [1.82, 2.24) is 19.5 Å². The Bertz CT molecular complexity index is 1050. The van der Waals surface area contributed by atoms with Gasteiger partial charge in [-0.3, -0.25) is 0 Å². The number of hydrogen-bond acceptors (Lipinski definition) is 5. The molecule has 0 aliphatic carbocycles. The van der Waals surface area contributed by atoms with Crippen LogP contribution in [0.4, 0.5) is 10.6 Å². The van der Waals surface area contributed by atoms with Crippen molar-refractivity contribution >= 4 is 45.1 Å². The highest BCUT2D eigenvalue weighted by Crippen LogP contribution is 2.30. The number of amides is 1. The molecule has 0 spiro atoms. The number of ether oxygens (including phenoxy) is 1. The normalized spacial score (nSPS) is 11.0. The Balaban J connectivity index is 0.00000176. The van der Waals surface area contributed by atoms with Crippen LogP contribution in [0, 0.1) is 0 Å². The van der Waals surface area contributed by atoms with E-state index < -0.39 is 5.60 Å². The highest BCUT2D eigenvalue weighted by molar-refractivity contribution is 9.10. The molecular formula is C23H31BrClN5O2. The molecule has 0 fully saturated rings. The molecule has 0 atom stereocenters. The zero-order chi connectivity index (χ0) is 23.9. The highest BCUT2D eigenvalue weighted by Gasteiger charge is 2.19. The van der Waals surface area contributed by atoms with Crippen LogP contribution in [0.15, 0.2) is 41.0 Å². The molecule has 0 saturated heterocycles. The van der Waals surface area contributed by atoms with Crippen molar-refractivity contribution in [3.05, 3.63) is 46.0 Å². The van der Waals surface area contributed by atoms with E-state index >= 15 is 0 Å². The van der Waals surface area contributed by atoms with E-state index in [1.165, 1.54) is 0 Å². The summed E-state index contributed by atoms with van der Waals surface area (Å²) in [4.78, 5) is 18.4. The topological polar surface area (TPSA) is 71.8 Å². The molecule has 0 unspecified atom stereocenters. The third-order valence-electron chi connectivity index (χ3n) is 4.26. The first-order valence-corrected chi connectivity index (χ1v) is 11.8. The Hall–Kier alpha value is -2.32. The number of carbonyl (C=O) groups is 1. The van der Waals surface area contributed by atoms with Gasteiger partial charge in [-0.2, -0.15) is 9.61 Å². The standard InChI is InChI=1S/C21H25BrClN5O2.C2H6/c1-21(2,3)30-20(29)27(4)11-7-10-24-18-12-17(14-8-5-6-9-16(14)23)26-19-15(22)13-25-28(18)19;1-2/h5-6,8-9,12-13,24H,7,10-11H2,1-4H3;1-2H3. The number of halogens is 2. The minimum absolute atomic E-state index is 0.328. The largest absolute Gasteiger partial charge is 0.444 e. The van der Waals surface area contributed by atoms with Crippen molar-refractivity contribution in [3.8, 4) is 11.3 Å². The van der Waals surface area contributed by atoms with Gasteiger partial charge in [0.25, 0.3) is 0 Å². The minimum Gasteiger partial charge on any atom is -0.444 e. The molecule has 0 bridgehead atoms. The first-order chi connectivity index (χ1) is 15.2. The highest BCUT2D eigenvalue weighted by atomic mass is 79.9. The quantitative estimate of drug-likeness (QED) is 0.372. The SMILES string of the molecule is CC.CN(CCCNc1cc(-c2ccccc2Cl)nc2c(Br)cnn12)C(=O)OC(C)(C)C. The fraction of sp³-hybridized carbons (Fsp3) is 0.435. The van der Waals surface area contributed by atoms with Gasteiger partial charge in [0.1, 0.15) is 11.4 Å². The minimum atomic E-state index is -0.505. The van der Waals surface area contributed by atoms with Gasteiger partial charge < -0.3 is 15.0 Å². The molecule has 1 aromatic carbocycles. The van der Waals surface area contributed by atoms with Crippen LogP contribution >= 0.6 is 27.5 Å². The van der Waals surface area contributed by atoms with Gasteiger partial charge in [-0.05, 0) is 49.2 Å². The summed E-state index contributed by atoms with van der Waals surface area (Å²) in [6.45, 7) is 10.8. The molecule has 3 aromatic rings. The Kier molecular flexibility index (Phi) is 9.33. The smallest absolute Gasteiger partial charge is 0.410 e. The second-order valence-electron chi connectivity index (χ2n) is 7.92. The van der Waals surface area contributed by atoms with E-state index in [2.05, 4.69) is 26.3 Å². The summed E-state index contributed by atoms with van der Waals surface area (Å²) in [5.41, 5.74) is 1.79. The van der Waals surface area contributed by atoms with Crippen LogP contribution in [-0.2, 0) is 4.74 Å². The van der Waals surface area contributed by atoms with Crippen molar-refractivity contribution in [3.63, 3.8) is 0 Å². The molecule has 0 radical (unpaired) electrons. The molecule has 32 heavy (non-hydrogen) atoms. The van der Waals surface area contributed by atoms with Gasteiger partial charge in [0, 0.05) is 36.8 Å². The second kappa shape index (κ2) is 11.5. The summed E-state index contributed by atoms with van der Waals surface area (Å²) in [6.07, 6.45) is 2.12. The van der Waals surface area contributed by atoms with Gasteiger partial charge in [-0.25, -0.2) is 9.78 Å². The van der Waals surface area contributed by atoms with Crippen molar-refractivity contribution in [2.24, 2.45) is 0 Å². The van der Waals surface area contributed by atoms with E-state index in [1.54, 1.807) is 22.7 Å². The lowest BCUT2D eigenvalue weighted by atomic mass is 10.1. The van der Waals surface area contributed by atoms with Crippen LogP contribution in [0.2, 0.25) is 5.02 Å². The maximum Gasteiger partial charge on any atom is 0.410 e. The summed E-state index contributed by atoms with van der Waals surface area (Å²) in [5.74, 6) is 0.792. The summed E-state index contributed by atoms with van der Waals surface area (Å²) in [6, 6.07) is 9.52. The average Bonchev–Trinajstić information content (AvgIpc) is 3.12. The Morgan fingerprint density at radius 1 is 1.28 bits per heavy atom. The zero-order valence-electron chi connectivity index (χ0n) is 19.4. The fourth-order valence-electron chi connectivity index (χ4n) is 2.83. The summed E-state index contributed by atoms with van der Waals surface area (Å²) in [7, 11) is 1.73. The zero-order valence-corrected chi connectivity index (χ0v) is 21.8. The molecule has 174 valence electrons. The van der Waals surface area contributed by atoms with E-state index in [1.807, 2.05) is 65.0 Å². The maximum atomic E-state index is 12.1. The average molecular weight is 525 g/mol. The Morgan fingerprint density at radius 2 is 1.97 bits per heavy atom.